The second-order valence-corrected chi connectivity index (χ2v) is 4.65. The van der Waals surface area contributed by atoms with Gasteiger partial charge in [0.2, 0.25) is 0 Å². The van der Waals surface area contributed by atoms with Crippen LogP contribution in [0.15, 0.2) is 18.2 Å². The lowest BCUT2D eigenvalue weighted by molar-refractivity contribution is -0.0347. The largest absolute Gasteiger partial charge is 0.487 e. The van der Waals surface area contributed by atoms with Gasteiger partial charge in [-0.2, -0.15) is 0 Å². The highest BCUT2D eigenvalue weighted by Gasteiger charge is 2.30. The third-order valence-electron chi connectivity index (χ3n) is 3.17. The van der Waals surface area contributed by atoms with Crippen LogP contribution in [0.1, 0.15) is 32.1 Å². The summed E-state index contributed by atoms with van der Waals surface area (Å²) in [6, 6.07) is 3.06. The first-order chi connectivity index (χ1) is 8.09. The summed E-state index contributed by atoms with van der Waals surface area (Å²) >= 11 is 0. The molecule has 0 spiro atoms. The Labute approximate surface area is 99.2 Å². The van der Waals surface area contributed by atoms with Crippen LogP contribution in [0.2, 0.25) is 0 Å². The molecule has 4 heteroatoms. The summed E-state index contributed by atoms with van der Waals surface area (Å²) in [4.78, 5) is 0. The predicted octanol–water partition coefficient (Wildman–Crippen LogP) is 3.04. The smallest absolute Gasteiger partial charge is 0.165 e. The Hall–Kier alpha value is -1.16. The minimum absolute atomic E-state index is 0.0212. The van der Waals surface area contributed by atoms with Crippen molar-refractivity contribution >= 4 is 0 Å². The highest BCUT2D eigenvalue weighted by Crippen LogP contribution is 2.29. The van der Waals surface area contributed by atoms with Gasteiger partial charge in [-0.15, -0.1) is 0 Å². The van der Waals surface area contributed by atoms with Crippen molar-refractivity contribution in [1.82, 2.24) is 0 Å². The maximum atomic E-state index is 13.3. The molecule has 94 valence electrons. The van der Waals surface area contributed by atoms with Crippen molar-refractivity contribution in [3.63, 3.8) is 0 Å². The maximum absolute atomic E-state index is 13.3. The second-order valence-electron chi connectivity index (χ2n) is 4.65. The zero-order chi connectivity index (χ0) is 12.3. The highest BCUT2D eigenvalue weighted by atomic mass is 19.1. The van der Waals surface area contributed by atoms with Gasteiger partial charge in [-0.05, 0) is 25.0 Å². The number of benzene rings is 1. The molecule has 1 aromatic rings. The van der Waals surface area contributed by atoms with Gasteiger partial charge in [0.05, 0.1) is 5.60 Å². The number of aliphatic hydroxyl groups is 1. The van der Waals surface area contributed by atoms with Gasteiger partial charge in [-0.3, -0.25) is 0 Å². The summed E-state index contributed by atoms with van der Waals surface area (Å²) in [5, 5.41) is 10.2. The molecular weight excluding hydrogens is 226 g/mol. The SMILES string of the molecule is OC1(COc2cc(F)ccc2F)CCCCC1. The minimum Gasteiger partial charge on any atom is -0.487 e. The highest BCUT2D eigenvalue weighted by molar-refractivity contribution is 5.25. The average Bonchev–Trinajstić information content (AvgIpc) is 2.31. The van der Waals surface area contributed by atoms with E-state index in [2.05, 4.69) is 0 Å². The van der Waals surface area contributed by atoms with Crippen molar-refractivity contribution < 1.29 is 18.6 Å². The normalized spacial score (nSPS) is 19.0. The fourth-order valence-corrected chi connectivity index (χ4v) is 2.15. The molecule has 17 heavy (non-hydrogen) atoms. The lowest BCUT2D eigenvalue weighted by Gasteiger charge is -2.31. The fraction of sp³-hybridized carbons (Fsp3) is 0.538. The van der Waals surface area contributed by atoms with Crippen LogP contribution in [-0.4, -0.2) is 17.3 Å². The van der Waals surface area contributed by atoms with Gasteiger partial charge in [-0.25, -0.2) is 8.78 Å². The summed E-state index contributed by atoms with van der Waals surface area (Å²) in [5.41, 5.74) is -0.892. The summed E-state index contributed by atoms with van der Waals surface area (Å²) in [6.45, 7) is 0.0212. The van der Waals surface area contributed by atoms with Crippen LogP contribution in [0.4, 0.5) is 8.78 Å². The van der Waals surface area contributed by atoms with Crippen molar-refractivity contribution in [3.05, 3.63) is 29.8 Å². The average molecular weight is 242 g/mol. The Morgan fingerprint density at radius 2 is 1.88 bits per heavy atom. The van der Waals surface area contributed by atoms with E-state index in [1.165, 1.54) is 0 Å². The first-order valence-electron chi connectivity index (χ1n) is 5.89. The number of hydrogen-bond acceptors (Lipinski definition) is 2. The zero-order valence-corrected chi connectivity index (χ0v) is 9.59. The molecule has 0 amide bonds. The van der Waals surface area contributed by atoms with E-state index < -0.39 is 17.2 Å². The molecule has 0 bridgehead atoms. The quantitative estimate of drug-likeness (QED) is 0.882. The van der Waals surface area contributed by atoms with Gasteiger partial charge in [0.1, 0.15) is 12.4 Å². The van der Waals surface area contributed by atoms with Gasteiger partial charge in [-0.1, -0.05) is 19.3 Å². The van der Waals surface area contributed by atoms with Crippen LogP contribution in [0.3, 0.4) is 0 Å². The van der Waals surface area contributed by atoms with Crippen LogP contribution in [0, 0.1) is 11.6 Å². The van der Waals surface area contributed by atoms with Crippen molar-refractivity contribution in [2.24, 2.45) is 0 Å². The molecule has 2 rings (SSSR count). The fourth-order valence-electron chi connectivity index (χ4n) is 2.15. The lowest BCUT2D eigenvalue weighted by atomic mass is 9.85. The van der Waals surface area contributed by atoms with E-state index in [1.807, 2.05) is 0 Å². The van der Waals surface area contributed by atoms with Crippen LogP contribution in [-0.2, 0) is 0 Å². The molecule has 0 aromatic heterocycles. The van der Waals surface area contributed by atoms with Crippen molar-refractivity contribution in [1.29, 1.82) is 0 Å². The number of halogens is 2. The van der Waals surface area contributed by atoms with E-state index >= 15 is 0 Å². The van der Waals surface area contributed by atoms with E-state index in [0.717, 1.165) is 37.5 Å². The van der Waals surface area contributed by atoms with Gasteiger partial charge >= 0.3 is 0 Å². The molecule has 1 N–H and O–H groups in total. The molecule has 0 heterocycles. The first-order valence-corrected chi connectivity index (χ1v) is 5.89. The van der Waals surface area contributed by atoms with Gasteiger partial charge < -0.3 is 9.84 Å². The van der Waals surface area contributed by atoms with Crippen LogP contribution in [0.5, 0.6) is 5.75 Å². The number of hydrogen-bond donors (Lipinski definition) is 1. The number of ether oxygens (including phenoxy) is 1. The Kier molecular flexibility index (Phi) is 3.62. The van der Waals surface area contributed by atoms with Gasteiger partial charge in [0.15, 0.2) is 11.6 Å². The first kappa shape index (κ1) is 12.3. The Balaban J connectivity index is 1.99. The lowest BCUT2D eigenvalue weighted by Crippen LogP contribution is -2.38. The summed E-state index contributed by atoms with van der Waals surface area (Å²) in [7, 11) is 0. The molecule has 1 saturated carbocycles. The molecule has 0 unspecified atom stereocenters. The third kappa shape index (κ3) is 3.16. The Morgan fingerprint density at radius 1 is 1.18 bits per heavy atom. The van der Waals surface area contributed by atoms with Crippen LogP contribution in [0.25, 0.3) is 0 Å². The molecular formula is C13H16F2O2. The molecule has 0 atom stereocenters. The van der Waals surface area contributed by atoms with Gasteiger partial charge in [0.25, 0.3) is 0 Å². The van der Waals surface area contributed by atoms with E-state index in [0.29, 0.717) is 12.8 Å². The molecule has 0 radical (unpaired) electrons. The molecule has 0 aliphatic heterocycles. The van der Waals surface area contributed by atoms with E-state index in [-0.39, 0.29) is 12.4 Å². The van der Waals surface area contributed by atoms with Crippen molar-refractivity contribution in [3.8, 4) is 5.75 Å². The Morgan fingerprint density at radius 3 is 2.59 bits per heavy atom. The molecule has 1 aliphatic rings. The molecule has 1 fully saturated rings. The Bertz CT molecular complexity index is 387. The second kappa shape index (κ2) is 5.00. The summed E-state index contributed by atoms with van der Waals surface area (Å²) < 4.78 is 31.4. The monoisotopic (exact) mass is 242 g/mol. The minimum atomic E-state index is -0.892. The van der Waals surface area contributed by atoms with Crippen LogP contribution < -0.4 is 4.74 Å². The standard InChI is InChI=1S/C13H16F2O2/c14-10-4-5-11(15)12(8-10)17-9-13(16)6-2-1-3-7-13/h4-5,8,16H,1-3,6-7,9H2. The third-order valence-corrected chi connectivity index (χ3v) is 3.17. The summed E-state index contributed by atoms with van der Waals surface area (Å²) in [5.74, 6) is -1.29. The van der Waals surface area contributed by atoms with E-state index in [9.17, 15) is 13.9 Å². The topological polar surface area (TPSA) is 29.5 Å². The number of rotatable bonds is 3. The summed E-state index contributed by atoms with van der Waals surface area (Å²) in [6.07, 6.45) is 4.32. The van der Waals surface area contributed by atoms with E-state index in [1.54, 1.807) is 0 Å². The molecule has 2 nitrogen and oxygen atoms in total. The molecule has 0 saturated heterocycles. The van der Waals surface area contributed by atoms with Crippen molar-refractivity contribution in [2.75, 3.05) is 6.61 Å². The van der Waals surface area contributed by atoms with E-state index in [4.69, 9.17) is 4.74 Å². The molecule has 1 aromatic carbocycles. The predicted molar refractivity (Wildman–Crippen MR) is 59.9 cm³/mol. The molecule has 1 aliphatic carbocycles. The maximum Gasteiger partial charge on any atom is 0.165 e. The van der Waals surface area contributed by atoms with Gasteiger partial charge in [0, 0.05) is 6.07 Å². The van der Waals surface area contributed by atoms with Crippen molar-refractivity contribution in [2.45, 2.75) is 37.7 Å². The zero-order valence-electron chi connectivity index (χ0n) is 9.59. The van der Waals surface area contributed by atoms with Crippen LogP contribution >= 0.6 is 0 Å².